The zero-order chi connectivity index (χ0) is 15.2. The first-order valence-corrected chi connectivity index (χ1v) is 7.27. The van der Waals surface area contributed by atoms with E-state index in [1.165, 1.54) is 11.6 Å². The molecule has 108 valence electrons. The van der Waals surface area contributed by atoms with E-state index < -0.39 is 0 Å². The summed E-state index contributed by atoms with van der Waals surface area (Å²) in [5.41, 5.74) is 2.76. The second-order valence-corrected chi connectivity index (χ2v) is 5.57. The van der Waals surface area contributed by atoms with Crippen molar-refractivity contribution < 1.29 is 4.79 Å². The summed E-state index contributed by atoms with van der Waals surface area (Å²) in [6.45, 7) is 4.26. The predicted molar refractivity (Wildman–Crippen MR) is 89.1 cm³/mol. The lowest BCUT2D eigenvalue weighted by atomic mass is 10.0. The van der Waals surface area contributed by atoms with Gasteiger partial charge in [-0.3, -0.25) is 4.79 Å². The van der Waals surface area contributed by atoms with Crippen molar-refractivity contribution in [3.63, 3.8) is 0 Å². The van der Waals surface area contributed by atoms with Crippen LogP contribution in [-0.2, 0) is 0 Å². The summed E-state index contributed by atoms with van der Waals surface area (Å²) < 4.78 is 0. The number of ketones is 1. The van der Waals surface area contributed by atoms with Crippen molar-refractivity contribution in [2.45, 2.75) is 19.8 Å². The molecule has 2 nitrogen and oxygen atoms in total. The van der Waals surface area contributed by atoms with Crippen LogP contribution in [0.2, 0.25) is 5.02 Å². The van der Waals surface area contributed by atoms with E-state index in [0.29, 0.717) is 16.5 Å². The zero-order valence-corrected chi connectivity index (χ0v) is 12.9. The quantitative estimate of drug-likeness (QED) is 0.602. The largest absolute Gasteiger partial charge is 0.362 e. The monoisotopic (exact) mass is 299 g/mol. The minimum absolute atomic E-state index is 0.0279. The van der Waals surface area contributed by atoms with Gasteiger partial charge in [0.15, 0.2) is 5.78 Å². The maximum atomic E-state index is 12.0. The van der Waals surface area contributed by atoms with E-state index in [4.69, 9.17) is 11.6 Å². The van der Waals surface area contributed by atoms with E-state index in [2.05, 4.69) is 19.2 Å². The SMILES string of the molecule is CC(C)c1ccc(C(=O)/C=C/Nc2cccc(Cl)c2)cc1. The Hall–Kier alpha value is -2.06. The first kappa shape index (κ1) is 15.3. The predicted octanol–water partition coefficient (Wildman–Crippen LogP) is 5.27. The lowest BCUT2D eigenvalue weighted by Crippen LogP contribution is -1.97. The number of carbonyl (C=O) groups excluding carboxylic acids is 1. The maximum Gasteiger partial charge on any atom is 0.187 e. The van der Waals surface area contributed by atoms with Crippen LogP contribution in [0.1, 0.15) is 35.7 Å². The molecule has 0 aliphatic heterocycles. The van der Waals surface area contributed by atoms with Gasteiger partial charge in [0, 0.05) is 28.5 Å². The smallest absolute Gasteiger partial charge is 0.187 e. The van der Waals surface area contributed by atoms with Crippen LogP contribution in [0, 0.1) is 0 Å². The highest BCUT2D eigenvalue weighted by Gasteiger charge is 2.03. The van der Waals surface area contributed by atoms with Crippen molar-refractivity contribution in [2.75, 3.05) is 5.32 Å². The van der Waals surface area contributed by atoms with Crippen LogP contribution in [0.15, 0.2) is 60.8 Å². The van der Waals surface area contributed by atoms with Crippen molar-refractivity contribution in [2.24, 2.45) is 0 Å². The van der Waals surface area contributed by atoms with Crippen molar-refractivity contribution in [3.05, 3.63) is 77.0 Å². The molecule has 2 aromatic carbocycles. The zero-order valence-electron chi connectivity index (χ0n) is 12.1. The Balaban J connectivity index is 1.99. The van der Waals surface area contributed by atoms with Crippen LogP contribution >= 0.6 is 11.6 Å². The van der Waals surface area contributed by atoms with Gasteiger partial charge in [-0.2, -0.15) is 0 Å². The van der Waals surface area contributed by atoms with Crippen LogP contribution in [0.25, 0.3) is 0 Å². The molecule has 0 aliphatic rings. The van der Waals surface area contributed by atoms with Gasteiger partial charge >= 0.3 is 0 Å². The summed E-state index contributed by atoms with van der Waals surface area (Å²) in [7, 11) is 0. The normalized spacial score (nSPS) is 11.0. The van der Waals surface area contributed by atoms with E-state index in [9.17, 15) is 4.79 Å². The molecule has 0 bridgehead atoms. The molecular weight excluding hydrogens is 282 g/mol. The molecule has 2 rings (SSSR count). The molecule has 0 heterocycles. The third-order valence-electron chi connectivity index (χ3n) is 3.17. The third-order valence-corrected chi connectivity index (χ3v) is 3.41. The van der Waals surface area contributed by atoms with Gasteiger partial charge in [0.2, 0.25) is 0 Å². The van der Waals surface area contributed by atoms with E-state index in [1.54, 1.807) is 18.3 Å². The summed E-state index contributed by atoms with van der Waals surface area (Å²) in [6, 6.07) is 15.1. The topological polar surface area (TPSA) is 29.1 Å². The van der Waals surface area contributed by atoms with Crippen LogP contribution in [0.5, 0.6) is 0 Å². The number of halogens is 1. The Morgan fingerprint density at radius 1 is 1.14 bits per heavy atom. The Bertz CT molecular complexity index is 645. The lowest BCUT2D eigenvalue weighted by Gasteiger charge is -2.05. The Morgan fingerprint density at radius 3 is 2.48 bits per heavy atom. The van der Waals surface area contributed by atoms with Crippen LogP contribution in [0.3, 0.4) is 0 Å². The van der Waals surface area contributed by atoms with E-state index in [-0.39, 0.29) is 5.78 Å². The summed E-state index contributed by atoms with van der Waals surface area (Å²) in [5.74, 6) is 0.439. The molecule has 0 fully saturated rings. The number of rotatable bonds is 5. The summed E-state index contributed by atoms with van der Waals surface area (Å²) >= 11 is 5.89. The Morgan fingerprint density at radius 2 is 1.86 bits per heavy atom. The molecule has 2 aromatic rings. The van der Waals surface area contributed by atoms with Crippen LogP contribution < -0.4 is 5.32 Å². The molecule has 3 heteroatoms. The third kappa shape index (κ3) is 4.47. The highest BCUT2D eigenvalue weighted by Crippen LogP contribution is 2.16. The molecule has 0 saturated heterocycles. The van der Waals surface area contributed by atoms with Crippen molar-refractivity contribution in [3.8, 4) is 0 Å². The standard InChI is InChI=1S/C18H18ClNO/c1-13(2)14-6-8-15(9-7-14)18(21)10-11-20-17-5-3-4-16(19)12-17/h3-13,20H,1-2H3/b11-10+. The number of nitrogens with one attached hydrogen (secondary N) is 1. The lowest BCUT2D eigenvalue weighted by molar-refractivity contribution is 0.104. The molecule has 0 radical (unpaired) electrons. The van der Waals surface area contributed by atoms with Crippen molar-refractivity contribution in [1.82, 2.24) is 0 Å². The molecule has 0 unspecified atom stereocenters. The van der Waals surface area contributed by atoms with Gasteiger partial charge in [-0.15, -0.1) is 0 Å². The van der Waals surface area contributed by atoms with Crippen molar-refractivity contribution >= 4 is 23.1 Å². The molecule has 0 saturated carbocycles. The number of anilines is 1. The van der Waals surface area contributed by atoms with Gasteiger partial charge in [-0.05, 0) is 29.7 Å². The Kier molecular flexibility index (Phi) is 5.18. The number of allylic oxidation sites excluding steroid dienone is 1. The molecule has 0 aliphatic carbocycles. The molecule has 21 heavy (non-hydrogen) atoms. The first-order chi connectivity index (χ1) is 10.1. The van der Waals surface area contributed by atoms with Gasteiger partial charge in [0.05, 0.1) is 0 Å². The highest BCUT2D eigenvalue weighted by molar-refractivity contribution is 6.30. The molecule has 1 N–H and O–H groups in total. The fourth-order valence-electron chi connectivity index (χ4n) is 1.92. The first-order valence-electron chi connectivity index (χ1n) is 6.89. The molecule has 0 amide bonds. The summed E-state index contributed by atoms with van der Waals surface area (Å²) in [5, 5.41) is 3.69. The minimum atomic E-state index is -0.0279. The van der Waals surface area contributed by atoms with Gasteiger partial charge in [-0.25, -0.2) is 0 Å². The number of hydrogen-bond donors (Lipinski definition) is 1. The molecule has 0 atom stereocenters. The summed E-state index contributed by atoms with van der Waals surface area (Å²) in [4.78, 5) is 12.0. The maximum absolute atomic E-state index is 12.0. The molecule has 0 aromatic heterocycles. The number of benzene rings is 2. The second-order valence-electron chi connectivity index (χ2n) is 5.13. The van der Waals surface area contributed by atoms with E-state index >= 15 is 0 Å². The minimum Gasteiger partial charge on any atom is -0.362 e. The van der Waals surface area contributed by atoms with Crippen LogP contribution in [0.4, 0.5) is 5.69 Å². The van der Waals surface area contributed by atoms with Gasteiger partial charge in [0.25, 0.3) is 0 Å². The van der Waals surface area contributed by atoms with Crippen molar-refractivity contribution in [1.29, 1.82) is 0 Å². The molecule has 0 spiro atoms. The van der Waals surface area contributed by atoms with Crippen LogP contribution in [-0.4, -0.2) is 5.78 Å². The fourth-order valence-corrected chi connectivity index (χ4v) is 2.11. The average molecular weight is 300 g/mol. The van der Waals surface area contributed by atoms with E-state index in [1.807, 2.05) is 36.4 Å². The van der Waals surface area contributed by atoms with E-state index in [0.717, 1.165) is 5.69 Å². The van der Waals surface area contributed by atoms with Gasteiger partial charge in [0.1, 0.15) is 0 Å². The molecular formula is C18H18ClNO. The van der Waals surface area contributed by atoms with Gasteiger partial charge in [-0.1, -0.05) is 55.8 Å². The average Bonchev–Trinajstić information content (AvgIpc) is 2.47. The number of hydrogen-bond acceptors (Lipinski definition) is 2. The number of carbonyl (C=O) groups is 1. The Labute approximate surface area is 130 Å². The second kappa shape index (κ2) is 7.09. The fraction of sp³-hybridized carbons (Fsp3) is 0.167. The van der Waals surface area contributed by atoms with Gasteiger partial charge < -0.3 is 5.32 Å². The highest BCUT2D eigenvalue weighted by atomic mass is 35.5. The summed E-state index contributed by atoms with van der Waals surface area (Å²) in [6.07, 6.45) is 3.15.